The zero-order valence-corrected chi connectivity index (χ0v) is 16.6. The Morgan fingerprint density at radius 3 is 2.81 bits per heavy atom. The van der Waals surface area contributed by atoms with E-state index in [1.807, 2.05) is 42.5 Å². The molecule has 0 atom stereocenters. The average Bonchev–Trinajstić information content (AvgIpc) is 2.98. The van der Waals surface area contributed by atoms with Crippen LogP contribution in [-0.4, -0.2) is 10.9 Å². The largest absolute Gasteiger partial charge is 0.464 e. The number of rotatable bonds is 4. The third-order valence-electron chi connectivity index (χ3n) is 4.00. The van der Waals surface area contributed by atoms with Crippen LogP contribution in [0.15, 0.2) is 77.1 Å². The first-order valence-corrected chi connectivity index (χ1v) is 9.93. The number of anilines is 1. The summed E-state index contributed by atoms with van der Waals surface area (Å²) >= 11 is 4.92. The molecular formula is C21H15BrN2O2S. The topological polar surface area (TPSA) is 51.2 Å². The summed E-state index contributed by atoms with van der Waals surface area (Å²) < 4.78 is 6.58. The van der Waals surface area contributed by atoms with Crippen molar-refractivity contribution in [3.8, 4) is 5.75 Å². The zero-order valence-electron chi connectivity index (χ0n) is 14.2. The summed E-state index contributed by atoms with van der Waals surface area (Å²) in [4.78, 5) is 18.0. The predicted octanol–water partition coefficient (Wildman–Crippen LogP) is 5.42. The van der Waals surface area contributed by atoms with E-state index in [9.17, 15) is 4.79 Å². The molecule has 4 rings (SSSR count). The second kappa shape index (κ2) is 7.90. The number of para-hydroxylation sites is 1. The maximum Gasteiger partial charge on any atom is 0.257 e. The quantitative estimate of drug-likeness (QED) is 0.590. The van der Waals surface area contributed by atoms with E-state index in [0.29, 0.717) is 10.7 Å². The van der Waals surface area contributed by atoms with E-state index in [4.69, 9.17) is 4.74 Å². The van der Waals surface area contributed by atoms with Crippen LogP contribution in [0.25, 0.3) is 6.08 Å². The fourth-order valence-corrected chi connectivity index (χ4v) is 3.77. The van der Waals surface area contributed by atoms with Gasteiger partial charge in [0.05, 0.1) is 6.26 Å². The van der Waals surface area contributed by atoms with Crippen LogP contribution in [0.1, 0.15) is 16.0 Å². The van der Waals surface area contributed by atoms with Crippen molar-refractivity contribution >= 4 is 44.4 Å². The average molecular weight is 439 g/mol. The molecule has 1 aliphatic heterocycles. The normalized spacial score (nSPS) is 12.6. The number of carbonyl (C=O) groups excluding carboxylic acids is 1. The van der Waals surface area contributed by atoms with E-state index >= 15 is 0 Å². The van der Waals surface area contributed by atoms with Crippen LogP contribution < -0.4 is 10.1 Å². The third kappa shape index (κ3) is 4.35. The predicted molar refractivity (Wildman–Crippen MR) is 112 cm³/mol. The van der Waals surface area contributed by atoms with Crippen LogP contribution in [0.3, 0.4) is 0 Å². The number of nitrogens with zero attached hydrogens (tertiary/aromatic N) is 1. The molecule has 4 nitrogen and oxygen atoms in total. The number of aromatic nitrogens is 1. The fraction of sp³-hybridized carbons (Fsp3) is 0.0476. The van der Waals surface area contributed by atoms with Crippen molar-refractivity contribution in [2.24, 2.45) is 0 Å². The number of hydrogen-bond acceptors (Lipinski definition) is 4. The Hall–Kier alpha value is -2.70. The summed E-state index contributed by atoms with van der Waals surface area (Å²) in [5.74, 6) is 0.513. The van der Waals surface area contributed by atoms with E-state index < -0.39 is 0 Å². The van der Waals surface area contributed by atoms with Crippen LogP contribution in [0.2, 0.25) is 0 Å². The Balaban J connectivity index is 1.46. The van der Waals surface area contributed by atoms with E-state index in [2.05, 4.69) is 38.4 Å². The van der Waals surface area contributed by atoms with Gasteiger partial charge in [0.1, 0.15) is 5.75 Å². The highest BCUT2D eigenvalue weighted by Gasteiger charge is 2.13. The number of ether oxygens (including phenoxy) is 1. The van der Waals surface area contributed by atoms with Gasteiger partial charge in [0.2, 0.25) is 0 Å². The lowest BCUT2D eigenvalue weighted by Crippen LogP contribution is -2.12. The van der Waals surface area contributed by atoms with Gasteiger partial charge in [-0.2, -0.15) is 0 Å². The second-order valence-electron chi connectivity index (χ2n) is 5.95. The number of thiazole rings is 1. The highest BCUT2D eigenvalue weighted by molar-refractivity contribution is 9.10. The highest BCUT2D eigenvalue weighted by atomic mass is 79.9. The van der Waals surface area contributed by atoms with Crippen LogP contribution in [-0.2, 0) is 11.2 Å². The number of halogens is 1. The molecule has 2 aromatic carbocycles. The van der Waals surface area contributed by atoms with Gasteiger partial charge < -0.3 is 4.74 Å². The molecule has 0 fully saturated rings. The Morgan fingerprint density at radius 1 is 1.15 bits per heavy atom. The maximum absolute atomic E-state index is 12.6. The number of benzene rings is 2. The van der Waals surface area contributed by atoms with Gasteiger partial charge in [-0.3, -0.25) is 10.1 Å². The first kappa shape index (κ1) is 17.7. The van der Waals surface area contributed by atoms with Gasteiger partial charge in [0, 0.05) is 33.1 Å². The molecule has 1 amide bonds. The molecule has 0 saturated heterocycles. The molecule has 134 valence electrons. The molecule has 0 bridgehead atoms. The molecule has 0 saturated carbocycles. The van der Waals surface area contributed by atoms with Gasteiger partial charge in [-0.15, -0.1) is 11.3 Å². The van der Waals surface area contributed by atoms with Crippen molar-refractivity contribution in [3.63, 3.8) is 0 Å². The van der Waals surface area contributed by atoms with Crippen molar-refractivity contribution in [2.45, 2.75) is 6.42 Å². The Labute approximate surface area is 169 Å². The fourth-order valence-electron chi connectivity index (χ4n) is 2.66. The molecule has 3 aromatic rings. The Kier molecular flexibility index (Phi) is 5.18. The number of amides is 1. The van der Waals surface area contributed by atoms with Crippen molar-refractivity contribution in [1.29, 1.82) is 0 Å². The summed E-state index contributed by atoms with van der Waals surface area (Å²) in [7, 11) is 0. The van der Waals surface area contributed by atoms with Crippen molar-refractivity contribution in [1.82, 2.24) is 4.98 Å². The van der Waals surface area contributed by atoms with Gasteiger partial charge in [0.25, 0.3) is 5.91 Å². The molecule has 0 unspecified atom stereocenters. The third-order valence-corrected chi connectivity index (χ3v) is 5.44. The lowest BCUT2D eigenvalue weighted by molar-refractivity contribution is -0.112. The van der Waals surface area contributed by atoms with Gasteiger partial charge in [-0.1, -0.05) is 46.3 Å². The molecule has 0 spiro atoms. The standard InChI is InChI=1S/C21H15BrN2O2S/c22-17-7-5-14(6-8-17)11-18-13-23-21(27-18)24-20(25)16-9-10-26-19-4-2-1-3-15(19)12-16/h1-10,12-13H,11H2,(H,23,24,25). The lowest BCUT2D eigenvalue weighted by atomic mass is 10.1. The molecule has 0 radical (unpaired) electrons. The summed E-state index contributed by atoms with van der Waals surface area (Å²) in [6.45, 7) is 0. The van der Waals surface area contributed by atoms with E-state index in [1.165, 1.54) is 23.2 Å². The monoisotopic (exact) mass is 438 g/mol. The van der Waals surface area contributed by atoms with Crippen LogP contribution >= 0.6 is 27.3 Å². The summed E-state index contributed by atoms with van der Waals surface area (Å²) in [6.07, 6.45) is 7.58. The van der Waals surface area contributed by atoms with Crippen LogP contribution in [0.4, 0.5) is 5.13 Å². The number of hydrogen-bond donors (Lipinski definition) is 1. The molecule has 6 heteroatoms. The molecule has 0 aliphatic carbocycles. The minimum atomic E-state index is -0.212. The van der Waals surface area contributed by atoms with Crippen molar-refractivity contribution < 1.29 is 9.53 Å². The number of fused-ring (bicyclic) bond motifs is 1. The van der Waals surface area contributed by atoms with E-state index in [-0.39, 0.29) is 5.91 Å². The first-order chi connectivity index (χ1) is 13.2. The molecule has 27 heavy (non-hydrogen) atoms. The van der Waals surface area contributed by atoms with Gasteiger partial charge in [-0.05, 0) is 35.9 Å². The van der Waals surface area contributed by atoms with E-state index in [1.54, 1.807) is 12.3 Å². The van der Waals surface area contributed by atoms with Gasteiger partial charge in [0.15, 0.2) is 5.13 Å². The number of carbonyl (C=O) groups is 1. The molecule has 1 aliphatic rings. The van der Waals surface area contributed by atoms with Gasteiger partial charge >= 0.3 is 0 Å². The molecule has 1 N–H and O–H groups in total. The molecular weight excluding hydrogens is 424 g/mol. The molecule has 2 heterocycles. The first-order valence-electron chi connectivity index (χ1n) is 8.32. The Morgan fingerprint density at radius 2 is 1.96 bits per heavy atom. The summed E-state index contributed by atoms with van der Waals surface area (Å²) in [5.41, 5.74) is 2.58. The Bertz CT molecular complexity index is 1040. The summed E-state index contributed by atoms with van der Waals surface area (Å²) in [5, 5.41) is 3.45. The van der Waals surface area contributed by atoms with Gasteiger partial charge in [-0.25, -0.2) is 4.98 Å². The van der Waals surface area contributed by atoms with Crippen LogP contribution in [0.5, 0.6) is 5.75 Å². The minimum absolute atomic E-state index is 0.212. The minimum Gasteiger partial charge on any atom is -0.464 e. The highest BCUT2D eigenvalue weighted by Crippen LogP contribution is 2.26. The number of nitrogens with one attached hydrogen (secondary N) is 1. The summed E-state index contributed by atoms with van der Waals surface area (Å²) in [6, 6.07) is 15.8. The van der Waals surface area contributed by atoms with Crippen LogP contribution in [0, 0.1) is 0 Å². The van der Waals surface area contributed by atoms with Crippen molar-refractivity contribution in [3.05, 3.63) is 93.1 Å². The van der Waals surface area contributed by atoms with Crippen molar-refractivity contribution in [2.75, 3.05) is 5.32 Å². The zero-order chi connectivity index (χ0) is 18.6. The SMILES string of the molecule is O=C(Nc1ncc(Cc2ccc(Br)cc2)s1)C1=Cc2ccccc2OC=C1. The molecule has 1 aromatic heterocycles. The maximum atomic E-state index is 12.6. The second-order valence-corrected chi connectivity index (χ2v) is 7.98. The lowest BCUT2D eigenvalue weighted by Gasteiger charge is -2.03. The van der Waals surface area contributed by atoms with E-state index in [0.717, 1.165) is 27.1 Å². The smallest absolute Gasteiger partial charge is 0.257 e.